The van der Waals surface area contributed by atoms with E-state index in [1.54, 1.807) is 31.9 Å². The van der Waals surface area contributed by atoms with Crippen LogP contribution >= 0.6 is 11.8 Å². The summed E-state index contributed by atoms with van der Waals surface area (Å²) in [5.41, 5.74) is 1.57. The molecule has 2 aliphatic heterocycles. The lowest BCUT2D eigenvalue weighted by Crippen LogP contribution is -2.39. The average molecular weight is 404 g/mol. The number of nitrogens with zero attached hydrogens (tertiary/aromatic N) is 2. The topological polar surface area (TPSA) is 77.4 Å². The monoisotopic (exact) mass is 404 g/mol. The third-order valence-corrected chi connectivity index (χ3v) is 5.39. The number of methoxy groups -OCH3 is 1. The van der Waals surface area contributed by atoms with Crippen molar-refractivity contribution in [3.8, 4) is 11.5 Å². The van der Waals surface area contributed by atoms with E-state index >= 15 is 0 Å². The average Bonchev–Trinajstić information content (AvgIpc) is 3.05. The van der Waals surface area contributed by atoms with Crippen LogP contribution in [0.25, 0.3) is 0 Å². The van der Waals surface area contributed by atoms with Gasteiger partial charge in [-0.2, -0.15) is 0 Å². The molecule has 0 unspecified atom stereocenters. The lowest BCUT2D eigenvalue weighted by molar-refractivity contribution is -0.139. The molecule has 7 nitrogen and oxygen atoms in total. The molecule has 1 amide bonds. The summed E-state index contributed by atoms with van der Waals surface area (Å²) in [5, 5.41) is 0.588. The van der Waals surface area contributed by atoms with Crippen LogP contribution in [0.3, 0.4) is 0 Å². The number of rotatable bonds is 7. The normalized spacial score (nSPS) is 18.7. The first-order valence-corrected chi connectivity index (χ1v) is 10.2. The van der Waals surface area contributed by atoms with Crippen LogP contribution in [0, 0.1) is 0 Å². The Balaban J connectivity index is 2.19. The minimum absolute atomic E-state index is 0.104. The molecule has 1 saturated heterocycles. The molecule has 2 heterocycles. The lowest BCUT2D eigenvalue weighted by Gasteiger charge is -2.34. The maximum Gasteiger partial charge on any atom is 0.338 e. The second kappa shape index (κ2) is 8.68. The van der Waals surface area contributed by atoms with Crippen LogP contribution in [-0.4, -0.2) is 48.0 Å². The molecule has 0 radical (unpaired) electrons. The fourth-order valence-corrected chi connectivity index (χ4v) is 4.21. The van der Waals surface area contributed by atoms with Crippen molar-refractivity contribution in [2.24, 2.45) is 4.99 Å². The number of ether oxygens (including phenoxy) is 3. The van der Waals surface area contributed by atoms with Gasteiger partial charge in [0.25, 0.3) is 0 Å². The summed E-state index contributed by atoms with van der Waals surface area (Å²) in [7, 11) is 1.57. The van der Waals surface area contributed by atoms with E-state index in [0.717, 1.165) is 6.42 Å². The number of allylic oxidation sites excluding steroid dienone is 1. The van der Waals surface area contributed by atoms with Crippen LogP contribution in [0.4, 0.5) is 0 Å². The Bertz CT molecular complexity index is 849. The number of fused-ring (bicyclic) bond motifs is 1. The number of para-hydroxylation sites is 1. The van der Waals surface area contributed by atoms with Crippen molar-refractivity contribution in [1.29, 1.82) is 0 Å². The zero-order valence-electron chi connectivity index (χ0n) is 16.5. The Morgan fingerprint density at radius 3 is 2.82 bits per heavy atom. The molecule has 0 saturated carbocycles. The number of carbonyl (C=O) groups excluding carboxylic acids is 2. The Hall–Kier alpha value is -2.48. The van der Waals surface area contributed by atoms with E-state index in [1.165, 1.54) is 11.8 Å². The molecule has 8 heteroatoms. The lowest BCUT2D eigenvalue weighted by atomic mass is 9.93. The largest absolute Gasteiger partial charge is 0.493 e. The first kappa shape index (κ1) is 20.3. The highest BCUT2D eigenvalue weighted by molar-refractivity contribution is 8.15. The third-order valence-electron chi connectivity index (χ3n) is 4.45. The van der Waals surface area contributed by atoms with Crippen LogP contribution in [0.5, 0.6) is 11.5 Å². The summed E-state index contributed by atoms with van der Waals surface area (Å²) in [6, 6.07) is 4.80. The highest BCUT2D eigenvalue weighted by Gasteiger charge is 2.44. The van der Waals surface area contributed by atoms with E-state index in [4.69, 9.17) is 14.2 Å². The SMILES string of the molecule is CCCOc1c(OC)cccc1[C@@H]1C(C(=O)OCC)=C(C)N=C2SCC(=O)N21. The number of hydrogen-bond acceptors (Lipinski definition) is 7. The van der Waals surface area contributed by atoms with Gasteiger partial charge in [0.15, 0.2) is 16.7 Å². The number of carbonyl (C=O) groups is 2. The number of esters is 1. The summed E-state index contributed by atoms with van der Waals surface area (Å²) >= 11 is 1.37. The van der Waals surface area contributed by atoms with Gasteiger partial charge in [-0.25, -0.2) is 9.79 Å². The fourth-order valence-electron chi connectivity index (χ4n) is 3.27. The number of amides is 1. The minimum atomic E-state index is -0.670. The third kappa shape index (κ3) is 3.61. The Labute approximate surface area is 168 Å². The number of thioether (sulfide) groups is 1. The van der Waals surface area contributed by atoms with E-state index in [9.17, 15) is 9.59 Å². The maximum atomic E-state index is 12.8. The van der Waals surface area contributed by atoms with Gasteiger partial charge in [-0.05, 0) is 26.3 Å². The maximum absolute atomic E-state index is 12.8. The molecule has 1 atom stereocenters. The molecule has 3 rings (SSSR count). The second-order valence-corrected chi connectivity index (χ2v) is 7.24. The Morgan fingerprint density at radius 1 is 1.36 bits per heavy atom. The van der Waals surface area contributed by atoms with Crippen molar-refractivity contribution in [3.05, 3.63) is 35.0 Å². The van der Waals surface area contributed by atoms with Crippen molar-refractivity contribution in [2.45, 2.75) is 33.2 Å². The van der Waals surface area contributed by atoms with Gasteiger partial charge in [-0.15, -0.1) is 0 Å². The van der Waals surface area contributed by atoms with Gasteiger partial charge in [0.1, 0.15) is 6.04 Å². The van der Waals surface area contributed by atoms with Gasteiger partial charge in [-0.3, -0.25) is 9.69 Å². The standard InChI is InChI=1S/C20H24N2O5S/c1-5-10-27-18-13(8-7-9-14(18)25-4)17-16(19(24)26-6-2)12(3)21-20-22(17)15(23)11-28-20/h7-9,17H,5-6,10-11H2,1-4H3/t17-/m1/s1. The molecule has 1 fully saturated rings. The summed E-state index contributed by atoms with van der Waals surface area (Å²) in [6.45, 7) is 6.24. The van der Waals surface area contributed by atoms with E-state index in [-0.39, 0.29) is 18.3 Å². The molecule has 0 N–H and O–H groups in total. The highest BCUT2D eigenvalue weighted by Crippen LogP contribution is 2.46. The number of amidine groups is 1. The van der Waals surface area contributed by atoms with Gasteiger partial charge >= 0.3 is 5.97 Å². The summed E-state index contributed by atoms with van der Waals surface area (Å²) in [6.07, 6.45) is 0.812. The predicted octanol–water partition coefficient (Wildman–Crippen LogP) is 3.31. The van der Waals surface area contributed by atoms with Gasteiger partial charge in [0.05, 0.1) is 37.3 Å². The second-order valence-electron chi connectivity index (χ2n) is 6.30. The quantitative estimate of drug-likeness (QED) is 0.649. The van der Waals surface area contributed by atoms with Gasteiger partial charge in [0, 0.05) is 5.56 Å². The number of aliphatic imine (C=N–C) groups is 1. The zero-order valence-corrected chi connectivity index (χ0v) is 17.3. The molecule has 1 aromatic carbocycles. The Morgan fingerprint density at radius 2 is 2.14 bits per heavy atom. The molecular weight excluding hydrogens is 380 g/mol. The van der Waals surface area contributed by atoms with Gasteiger partial charge < -0.3 is 14.2 Å². The first-order chi connectivity index (χ1) is 13.5. The van der Waals surface area contributed by atoms with E-state index in [2.05, 4.69) is 4.99 Å². The summed E-state index contributed by atoms with van der Waals surface area (Å²) in [5.74, 6) is 0.773. The van der Waals surface area contributed by atoms with Crippen LogP contribution < -0.4 is 9.47 Å². The van der Waals surface area contributed by atoms with Crippen LogP contribution in [0.1, 0.15) is 38.8 Å². The van der Waals surface area contributed by atoms with Gasteiger partial charge in [-0.1, -0.05) is 30.8 Å². The Kier molecular flexibility index (Phi) is 6.28. The summed E-state index contributed by atoms with van der Waals surface area (Å²) < 4.78 is 16.8. The molecule has 0 aromatic heterocycles. The van der Waals surface area contributed by atoms with Crippen molar-refractivity contribution in [1.82, 2.24) is 4.90 Å². The van der Waals surface area contributed by atoms with Crippen molar-refractivity contribution < 1.29 is 23.8 Å². The molecule has 0 spiro atoms. The van der Waals surface area contributed by atoms with Crippen LogP contribution in [0.15, 0.2) is 34.5 Å². The molecule has 0 aliphatic carbocycles. The van der Waals surface area contributed by atoms with Crippen LogP contribution in [0.2, 0.25) is 0 Å². The molecule has 1 aromatic rings. The molecule has 0 bridgehead atoms. The molecule has 28 heavy (non-hydrogen) atoms. The highest BCUT2D eigenvalue weighted by atomic mass is 32.2. The van der Waals surface area contributed by atoms with Crippen molar-refractivity contribution >= 4 is 28.8 Å². The van der Waals surface area contributed by atoms with Crippen molar-refractivity contribution in [2.75, 3.05) is 26.1 Å². The molecule has 150 valence electrons. The fraction of sp³-hybridized carbons (Fsp3) is 0.450. The van der Waals surface area contributed by atoms with Crippen LogP contribution in [-0.2, 0) is 14.3 Å². The molecule has 2 aliphatic rings. The van der Waals surface area contributed by atoms with E-state index in [1.807, 2.05) is 19.1 Å². The zero-order chi connectivity index (χ0) is 20.3. The van der Waals surface area contributed by atoms with Gasteiger partial charge in [0.2, 0.25) is 5.91 Å². The number of hydrogen-bond donors (Lipinski definition) is 0. The summed E-state index contributed by atoms with van der Waals surface area (Å²) in [4.78, 5) is 31.5. The number of benzene rings is 1. The molecular formula is C20H24N2O5S. The van der Waals surface area contributed by atoms with E-state index in [0.29, 0.717) is 40.1 Å². The van der Waals surface area contributed by atoms with Crippen molar-refractivity contribution in [3.63, 3.8) is 0 Å². The first-order valence-electron chi connectivity index (χ1n) is 9.24. The van der Waals surface area contributed by atoms with E-state index < -0.39 is 12.0 Å². The minimum Gasteiger partial charge on any atom is -0.493 e. The smallest absolute Gasteiger partial charge is 0.338 e. The predicted molar refractivity (Wildman–Crippen MR) is 108 cm³/mol.